The van der Waals surface area contributed by atoms with Crippen LogP contribution in [0.2, 0.25) is 0 Å². The van der Waals surface area contributed by atoms with E-state index in [4.69, 9.17) is 9.84 Å². The average Bonchev–Trinajstić information content (AvgIpc) is 3.29. The van der Waals surface area contributed by atoms with Gasteiger partial charge >= 0.3 is 5.97 Å². The quantitative estimate of drug-likeness (QED) is 0.106. The third-order valence-electron chi connectivity index (χ3n) is 6.68. The average molecular weight is 524 g/mol. The Morgan fingerprint density at radius 3 is 2.36 bits per heavy atom. The van der Waals surface area contributed by atoms with Crippen LogP contribution in [0.15, 0.2) is 91.1 Å². The summed E-state index contributed by atoms with van der Waals surface area (Å²) in [5.41, 5.74) is 4.84. The van der Waals surface area contributed by atoms with Gasteiger partial charge in [-0.2, -0.15) is 0 Å². The lowest BCUT2D eigenvalue weighted by atomic mass is 10.0. The van der Waals surface area contributed by atoms with E-state index in [0.717, 1.165) is 35.9 Å². The van der Waals surface area contributed by atoms with Crippen LogP contribution in [0.25, 0.3) is 10.9 Å². The smallest absolute Gasteiger partial charge is 0.303 e. The number of allylic oxidation sites excluding steroid dienone is 1. The van der Waals surface area contributed by atoms with Crippen molar-refractivity contribution in [2.24, 2.45) is 5.92 Å². The summed E-state index contributed by atoms with van der Waals surface area (Å²) in [5, 5.41) is 9.83. The number of ketones is 1. The lowest BCUT2D eigenvalue weighted by molar-refractivity contribution is -0.137. The summed E-state index contributed by atoms with van der Waals surface area (Å²) in [7, 11) is 0. The van der Waals surface area contributed by atoms with Gasteiger partial charge in [-0.25, -0.2) is 0 Å². The highest BCUT2D eigenvalue weighted by atomic mass is 16.5. The van der Waals surface area contributed by atoms with Crippen LogP contribution in [0.3, 0.4) is 0 Å². The number of carbonyl (C=O) groups excluding carboxylic acids is 1. The van der Waals surface area contributed by atoms with Crippen LogP contribution in [0.4, 0.5) is 0 Å². The molecule has 0 aliphatic rings. The molecule has 0 amide bonds. The maximum atomic E-state index is 13.3. The van der Waals surface area contributed by atoms with Crippen LogP contribution in [0, 0.1) is 5.92 Å². The summed E-state index contributed by atoms with van der Waals surface area (Å²) in [6.07, 6.45) is 9.61. The fourth-order valence-electron chi connectivity index (χ4n) is 4.74. The molecule has 0 saturated carbocycles. The molecule has 3 aromatic carbocycles. The molecule has 5 heteroatoms. The molecule has 0 unspecified atom stereocenters. The van der Waals surface area contributed by atoms with Crippen LogP contribution in [-0.4, -0.2) is 28.0 Å². The van der Waals surface area contributed by atoms with E-state index in [9.17, 15) is 9.59 Å². The first-order chi connectivity index (χ1) is 18.9. The largest absolute Gasteiger partial charge is 0.493 e. The topological polar surface area (TPSA) is 68.5 Å². The lowest BCUT2D eigenvalue weighted by Crippen LogP contribution is -2.03. The van der Waals surface area contributed by atoms with Crippen LogP contribution in [0.1, 0.15) is 60.2 Å². The van der Waals surface area contributed by atoms with Crippen molar-refractivity contribution >= 4 is 22.7 Å². The molecule has 202 valence electrons. The van der Waals surface area contributed by atoms with E-state index in [1.165, 1.54) is 11.1 Å². The normalized spacial score (nSPS) is 11.5. The van der Waals surface area contributed by atoms with Crippen LogP contribution in [-0.2, 0) is 24.2 Å². The van der Waals surface area contributed by atoms with Gasteiger partial charge in [0.2, 0.25) is 0 Å². The zero-order valence-corrected chi connectivity index (χ0v) is 22.8. The molecule has 1 heterocycles. The Labute approximate surface area is 230 Å². The number of benzene rings is 3. The molecule has 0 fully saturated rings. The van der Waals surface area contributed by atoms with Gasteiger partial charge in [-0.3, -0.25) is 9.59 Å². The summed E-state index contributed by atoms with van der Waals surface area (Å²) in [6.45, 7) is 5.60. The van der Waals surface area contributed by atoms with E-state index in [2.05, 4.69) is 50.3 Å². The minimum Gasteiger partial charge on any atom is -0.493 e. The zero-order valence-electron chi connectivity index (χ0n) is 22.8. The molecule has 0 atom stereocenters. The fraction of sp³-hybridized carbons (Fsp3) is 0.294. The lowest BCUT2D eigenvalue weighted by Gasteiger charge is -2.06. The van der Waals surface area contributed by atoms with Crippen molar-refractivity contribution in [3.05, 3.63) is 113 Å². The monoisotopic (exact) mass is 523 g/mol. The van der Waals surface area contributed by atoms with Gasteiger partial charge in [0.25, 0.3) is 0 Å². The maximum Gasteiger partial charge on any atom is 0.303 e. The Morgan fingerprint density at radius 1 is 0.923 bits per heavy atom. The van der Waals surface area contributed by atoms with E-state index in [0.29, 0.717) is 36.6 Å². The first kappa shape index (κ1) is 27.9. The number of aromatic nitrogens is 1. The van der Waals surface area contributed by atoms with Crippen molar-refractivity contribution in [1.29, 1.82) is 0 Å². The van der Waals surface area contributed by atoms with Gasteiger partial charge in [0.15, 0.2) is 5.78 Å². The summed E-state index contributed by atoms with van der Waals surface area (Å²) < 4.78 is 7.85. The van der Waals surface area contributed by atoms with Crippen LogP contribution in [0.5, 0.6) is 5.75 Å². The number of ether oxygens (including phenoxy) is 1. The molecule has 0 spiro atoms. The molecule has 4 aromatic rings. The van der Waals surface area contributed by atoms with E-state index in [-0.39, 0.29) is 12.2 Å². The van der Waals surface area contributed by atoms with Crippen molar-refractivity contribution < 1.29 is 19.4 Å². The Bertz CT molecular complexity index is 1410. The molecule has 39 heavy (non-hydrogen) atoms. The van der Waals surface area contributed by atoms with Gasteiger partial charge in [-0.1, -0.05) is 68.5 Å². The molecule has 1 aromatic heterocycles. The van der Waals surface area contributed by atoms with E-state index in [1.807, 2.05) is 47.2 Å². The van der Waals surface area contributed by atoms with Crippen molar-refractivity contribution in [3.63, 3.8) is 0 Å². The minimum atomic E-state index is -0.816. The molecule has 0 aliphatic heterocycles. The number of hydrogen-bond acceptors (Lipinski definition) is 3. The standard InChI is InChI=1S/C34H37NO4/c1-25(2)23-27-15-13-26(14-16-27)9-4-3-7-22-39-29-19-17-28(18-20-29)34(38)31-24-35(21-8-12-33(36)37)32-11-6-5-10-30(31)32/h3-6,10-11,13-20,24-25H,7-9,12,21-23H2,1-2H3,(H,36,37)/b4-3+. The predicted octanol–water partition coefficient (Wildman–Crippen LogP) is 7.50. The van der Waals surface area contributed by atoms with Gasteiger partial charge in [-0.05, 0) is 73.1 Å². The third kappa shape index (κ3) is 7.93. The highest BCUT2D eigenvalue weighted by molar-refractivity contribution is 6.16. The number of rotatable bonds is 14. The first-order valence-electron chi connectivity index (χ1n) is 13.7. The van der Waals surface area contributed by atoms with Gasteiger partial charge in [0.05, 0.1) is 6.61 Å². The Hall–Kier alpha value is -4.12. The molecule has 1 N–H and O–H groups in total. The van der Waals surface area contributed by atoms with Crippen molar-refractivity contribution in [2.45, 2.75) is 52.5 Å². The second-order valence-corrected chi connectivity index (χ2v) is 10.3. The number of carbonyl (C=O) groups is 2. The minimum absolute atomic E-state index is 0.0603. The highest BCUT2D eigenvalue weighted by Crippen LogP contribution is 2.25. The second kappa shape index (κ2) is 13.6. The van der Waals surface area contributed by atoms with Gasteiger partial charge in [-0.15, -0.1) is 0 Å². The molecular formula is C34H37NO4. The molecule has 5 nitrogen and oxygen atoms in total. The zero-order chi connectivity index (χ0) is 27.6. The number of carboxylic acids is 1. The third-order valence-corrected chi connectivity index (χ3v) is 6.68. The maximum absolute atomic E-state index is 13.3. The Kier molecular flexibility index (Phi) is 9.74. The Morgan fingerprint density at radius 2 is 1.64 bits per heavy atom. The van der Waals surface area contributed by atoms with Gasteiger partial charge in [0.1, 0.15) is 5.75 Å². The SMILES string of the molecule is CC(C)Cc1ccc(C/C=C/CCOc2ccc(C(=O)c3cn(CCCC(=O)O)c4ccccc34)cc2)cc1. The fourth-order valence-corrected chi connectivity index (χ4v) is 4.74. The number of aliphatic carboxylic acids is 1. The second-order valence-electron chi connectivity index (χ2n) is 10.3. The predicted molar refractivity (Wildman–Crippen MR) is 157 cm³/mol. The molecule has 0 aliphatic carbocycles. The number of aryl methyl sites for hydroxylation is 1. The van der Waals surface area contributed by atoms with Gasteiger partial charge < -0.3 is 14.4 Å². The summed E-state index contributed by atoms with van der Waals surface area (Å²) in [6, 6.07) is 23.9. The van der Waals surface area contributed by atoms with Gasteiger partial charge in [0, 0.05) is 41.2 Å². The van der Waals surface area contributed by atoms with Crippen molar-refractivity contribution in [1.82, 2.24) is 4.57 Å². The number of fused-ring (bicyclic) bond motifs is 1. The van der Waals surface area contributed by atoms with E-state index < -0.39 is 5.97 Å². The van der Waals surface area contributed by atoms with Crippen molar-refractivity contribution in [3.8, 4) is 5.75 Å². The number of nitrogens with zero attached hydrogens (tertiary/aromatic N) is 1. The summed E-state index contributed by atoms with van der Waals surface area (Å²) >= 11 is 0. The Balaban J connectivity index is 1.28. The van der Waals surface area contributed by atoms with E-state index >= 15 is 0 Å². The number of para-hydroxylation sites is 1. The van der Waals surface area contributed by atoms with E-state index in [1.54, 1.807) is 12.1 Å². The number of carboxylic acid groups (broad SMARTS) is 1. The van der Waals surface area contributed by atoms with Crippen molar-refractivity contribution in [2.75, 3.05) is 6.61 Å². The van der Waals surface area contributed by atoms with Crippen LogP contribution >= 0.6 is 0 Å². The highest BCUT2D eigenvalue weighted by Gasteiger charge is 2.17. The molecular weight excluding hydrogens is 486 g/mol. The molecule has 4 rings (SSSR count). The number of hydrogen-bond donors (Lipinski definition) is 1. The molecule has 0 saturated heterocycles. The molecule has 0 radical (unpaired) electrons. The van der Waals surface area contributed by atoms with Crippen LogP contribution < -0.4 is 4.74 Å². The first-order valence-corrected chi connectivity index (χ1v) is 13.7. The molecule has 0 bridgehead atoms. The summed E-state index contributed by atoms with van der Waals surface area (Å²) in [4.78, 5) is 24.2. The summed E-state index contributed by atoms with van der Waals surface area (Å²) in [5.74, 6) is 0.527.